The lowest BCUT2D eigenvalue weighted by molar-refractivity contribution is 0.0691. The third kappa shape index (κ3) is 2.26. The third-order valence-corrected chi connectivity index (χ3v) is 3.09. The van der Waals surface area contributed by atoms with Crippen LogP contribution < -0.4 is 4.74 Å². The lowest BCUT2D eigenvalue weighted by atomic mass is 10.2. The van der Waals surface area contributed by atoms with Gasteiger partial charge in [0.05, 0.1) is 11.1 Å². The fourth-order valence-electron chi connectivity index (χ4n) is 2.06. The summed E-state index contributed by atoms with van der Waals surface area (Å²) in [6, 6.07) is 5.25. The van der Waals surface area contributed by atoms with Gasteiger partial charge in [-0.25, -0.2) is 18.0 Å². The van der Waals surface area contributed by atoms with Crippen LogP contribution >= 0.6 is 0 Å². The highest BCUT2D eigenvalue weighted by Gasteiger charge is 2.18. The summed E-state index contributed by atoms with van der Waals surface area (Å²) in [4.78, 5) is 13.5. The number of aromatic nitrogens is 1. The number of carbonyl (C=O) groups is 1. The van der Waals surface area contributed by atoms with Crippen molar-refractivity contribution < 1.29 is 27.8 Å². The molecule has 2 N–H and O–H groups in total. The average Bonchev–Trinajstić information content (AvgIpc) is 2.93. The SMILES string of the molecule is O=C(O)c1cc(Oc2c(F)cc3[nH]ccc3c2F)ccc1F. The van der Waals surface area contributed by atoms with Gasteiger partial charge in [-0.05, 0) is 24.3 Å². The highest BCUT2D eigenvalue weighted by molar-refractivity contribution is 5.88. The Hall–Kier alpha value is -2.96. The van der Waals surface area contributed by atoms with E-state index in [1.165, 1.54) is 12.3 Å². The van der Waals surface area contributed by atoms with E-state index < -0.39 is 34.7 Å². The van der Waals surface area contributed by atoms with E-state index in [-0.39, 0.29) is 16.7 Å². The van der Waals surface area contributed by atoms with Gasteiger partial charge in [-0.3, -0.25) is 0 Å². The second-order valence-electron chi connectivity index (χ2n) is 4.49. The fourth-order valence-corrected chi connectivity index (χ4v) is 2.06. The molecule has 0 aliphatic heterocycles. The summed E-state index contributed by atoms with van der Waals surface area (Å²) >= 11 is 0. The molecule has 0 saturated heterocycles. The van der Waals surface area contributed by atoms with Crippen LogP contribution in [0.15, 0.2) is 36.5 Å². The smallest absolute Gasteiger partial charge is 0.338 e. The van der Waals surface area contributed by atoms with E-state index in [0.29, 0.717) is 0 Å². The lowest BCUT2D eigenvalue weighted by Gasteiger charge is -2.09. The van der Waals surface area contributed by atoms with Crippen LogP contribution in [-0.4, -0.2) is 16.1 Å². The number of hydrogen-bond acceptors (Lipinski definition) is 2. The zero-order chi connectivity index (χ0) is 15.9. The van der Waals surface area contributed by atoms with Gasteiger partial charge in [-0.2, -0.15) is 0 Å². The number of H-pyrrole nitrogens is 1. The summed E-state index contributed by atoms with van der Waals surface area (Å²) in [7, 11) is 0. The molecule has 0 fully saturated rings. The fraction of sp³-hybridized carbons (Fsp3) is 0. The first-order valence-electron chi connectivity index (χ1n) is 6.13. The number of aromatic amines is 1. The van der Waals surface area contributed by atoms with Gasteiger partial charge in [0, 0.05) is 17.6 Å². The summed E-state index contributed by atoms with van der Waals surface area (Å²) in [5, 5.41) is 8.95. The number of hydrogen-bond donors (Lipinski definition) is 2. The molecule has 0 bridgehead atoms. The van der Waals surface area contributed by atoms with E-state index in [1.54, 1.807) is 0 Å². The minimum atomic E-state index is -1.51. The molecule has 0 atom stereocenters. The molecule has 112 valence electrons. The summed E-state index contributed by atoms with van der Waals surface area (Å²) in [6.45, 7) is 0. The summed E-state index contributed by atoms with van der Waals surface area (Å²) in [6.07, 6.45) is 1.44. The average molecular weight is 307 g/mol. The van der Waals surface area contributed by atoms with Crippen LogP contribution in [0.25, 0.3) is 10.9 Å². The van der Waals surface area contributed by atoms with Crippen molar-refractivity contribution in [2.45, 2.75) is 0 Å². The Balaban J connectivity index is 2.06. The number of aromatic carboxylic acids is 1. The minimum Gasteiger partial charge on any atom is -0.478 e. The second kappa shape index (κ2) is 5.10. The molecule has 0 radical (unpaired) electrons. The number of benzene rings is 2. The van der Waals surface area contributed by atoms with Crippen molar-refractivity contribution in [2.24, 2.45) is 0 Å². The number of carboxylic acids is 1. The van der Waals surface area contributed by atoms with Gasteiger partial charge < -0.3 is 14.8 Å². The molecular weight excluding hydrogens is 299 g/mol. The van der Waals surface area contributed by atoms with Crippen molar-refractivity contribution in [1.29, 1.82) is 0 Å². The Morgan fingerprint density at radius 3 is 2.59 bits per heavy atom. The number of rotatable bonds is 3. The molecular formula is C15H8F3NO3. The summed E-state index contributed by atoms with van der Waals surface area (Å²) in [5.41, 5.74) is -0.395. The van der Waals surface area contributed by atoms with Gasteiger partial charge in [0.25, 0.3) is 0 Å². The van der Waals surface area contributed by atoms with Gasteiger partial charge in [0.15, 0.2) is 17.4 Å². The Kier molecular flexibility index (Phi) is 3.25. The van der Waals surface area contributed by atoms with Crippen LogP contribution in [0.5, 0.6) is 11.5 Å². The van der Waals surface area contributed by atoms with Gasteiger partial charge in [-0.1, -0.05) is 0 Å². The zero-order valence-electron chi connectivity index (χ0n) is 10.9. The van der Waals surface area contributed by atoms with Gasteiger partial charge in [-0.15, -0.1) is 0 Å². The number of fused-ring (bicyclic) bond motifs is 1. The maximum Gasteiger partial charge on any atom is 0.338 e. The Bertz CT molecular complexity index is 889. The van der Waals surface area contributed by atoms with Crippen LogP contribution in [0.2, 0.25) is 0 Å². The predicted molar refractivity (Wildman–Crippen MR) is 71.6 cm³/mol. The first-order valence-corrected chi connectivity index (χ1v) is 6.13. The van der Waals surface area contributed by atoms with Gasteiger partial charge in [0.2, 0.25) is 0 Å². The number of ether oxygens (including phenoxy) is 1. The van der Waals surface area contributed by atoms with Crippen molar-refractivity contribution in [2.75, 3.05) is 0 Å². The molecule has 3 aromatic rings. The van der Waals surface area contributed by atoms with Crippen LogP contribution in [0.1, 0.15) is 10.4 Å². The normalized spacial score (nSPS) is 10.9. The second-order valence-corrected chi connectivity index (χ2v) is 4.49. The van der Waals surface area contributed by atoms with Crippen molar-refractivity contribution in [1.82, 2.24) is 4.98 Å². The monoisotopic (exact) mass is 307 g/mol. The molecule has 0 unspecified atom stereocenters. The Labute approximate surface area is 121 Å². The van der Waals surface area contributed by atoms with Crippen molar-refractivity contribution >= 4 is 16.9 Å². The number of carboxylic acid groups (broad SMARTS) is 1. The van der Waals surface area contributed by atoms with Crippen molar-refractivity contribution in [3.05, 3.63) is 59.5 Å². The highest BCUT2D eigenvalue weighted by atomic mass is 19.1. The third-order valence-electron chi connectivity index (χ3n) is 3.09. The van der Waals surface area contributed by atoms with Crippen LogP contribution in [0, 0.1) is 17.5 Å². The molecule has 0 amide bonds. The molecule has 4 nitrogen and oxygen atoms in total. The van der Waals surface area contributed by atoms with E-state index in [9.17, 15) is 18.0 Å². The molecule has 3 rings (SSSR count). The van der Waals surface area contributed by atoms with Crippen molar-refractivity contribution in [3.63, 3.8) is 0 Å². The highest BCUT2D eigenvalue weighted by Crippen LogP contribution is 2.33. The van der Waals surface area contributed by atoms with Crippen molar-refractivity contribution in [3.8, 4) is 11.5 Å². The van der Waals surface area contributed by atoms with Crippen LogP contribution in [-0.2, 0) is 0 Å². The summed E-state index contributed by atoms with van der Waals surface area (Å²) in [5.74, 6) is -5.25. The maximum absolute atomic E-state index is 14.2. The molecule has 0 saturated carbocycles. The Morgan fingerprint density at radius 2 is 1.86 bits per heavy atom. The molecule has 7 heteroatoms. The minimum absolute atomic E-state index is 0.122. The van der Waals surface area contributed by atoms with Gasteiger partial charge >= 0.3 is 5.97 Å². The molecule has 22 heavy (non-hydrogen) atoms. The quantitative estimate of drug-likeness (QED) is 0.766. The molecule has 0 aliphatic rings. The van der Waals surface area contributed by atoms with Gasteiger partial charge in [0.1, 0.15) is 11.6 Å². The van der Waals surface area contributed by atoms with E-state index in [1.807, 2.05) is 0 Å². The van der Waals surface area contributed by atoms with E-state index in [0.717, 1.165) is 24.3 Å². The predicted octanol–water partition coefficient (Wildman–Crippen LogP) is 4.08. The molecule has 1 aromatic heterocycles. The molecule has 0 aliphatic carbocycles. The lowest BCUT2D eigenvalue weighted by Crippen LogP contribution is -2.01. The van der Waals surface area contributed by atoms with E-state index in [2.05, 4.69) is 4.98 Å². The Morgan fingerprint density at radius 1 is 1.09 bits per heavy atom. The summed E-state index contributed by atoms with van der Waals surface area (Å²) < 4.78 is 46.5. The van der Waals surface area contributed by atoms with Crippen LogP contribution in [0.4, 0.5) is 13.2 Å². The largest absolute Gasteiger partial charge is 0.478 e. The molecule has 2 aromatic carbocycles. The molecule has 1 heterocycles. The number of halogens is 3. The first kappa shape index (κ1) is 14.0. The van der Waals surface area contributed by atoms with Crippen LogP contribution in [0.3, 0.4) is 0 Å². The standard InChI is InChI=1S/C15H8F3NO3/c16-10-2-1-7(5-9(10)15(20)21)22-14-11(17)6-12-8(13(14)18)3-4-19-12/h1-6,19H,(H,20,21). The van der Waals surface area contributed by atoms with E-state index in [4.69, 9.17) is 9.84 Å². The first-order chi connectivity index (χ1) is 10.5. The maximum atomic E-state index is 14.2. The topological polar surface area (TPSA) is 62.3 Å². The number of nitrogens with one attached hydrogen (secondary N) is 1. The van der Waals surface area contributed by atoms with E-state index >= 15 is 0 Å². The zero-order valence-corrected chi connectivity index (χ0v) is 10.9. The molecule has 0 spiro atoms.